The van der Waals surface area contributed by atoms with Crippen LogP contribution in [-0.2, 0) is 20.3 Å². The van der Waals surface area contributed by atoms with Crippen LogP contribution < -0.4 is 0 Å². The van der Waals surface area contributed by atoms with Gasteiger partial charge in [0.25, 0.3) is 5.91 Å². The number of piperazine rings is 1. The molecule has 0 aliphatic carbocycles. The van der Waals surface area contributed by atoms with E-state index in [1.54, 1.807) is 72.3 Å². The number of amides is 2. The van der Waals surface area contributed by atoms with E-state index in [0.717, 1.165) is 5.39 Å². The highest BCUT2D eigenvalue weighted by atomic mass is 32.2. The third-order valence-corrected chi connectivity index (χ3v) is 7.36. The van der Waals surface area contributed by atoms with Gasteiger partial charge in [-0.05, 0) is 43.7 Å². The average molecular weight is 482 g/mol. The van der Waals surface area contributed by atoms with Crippen molar-refractivity contribution in [2.24, 2.45) is 0 Å². The minimum atomic E-state index is -3.62. The molecule has 178 valence electrons. The molecular weight excluding hydrogens is 454 g/mol. The Morgan fingerprint density at radius 1 is 0.941 bits per heavy atom. The lowest BCUT2D eigenvalue weighted by atomic mass is 10.1. The maximum Gasteiger partial charge on any atom is 0.410 e. The van der Waals surface area contributed by atoms with Crippen LogP contribution in [0.5, 0.6) is 0 Å². The second-order valence-corrected chi connectivity index (χ2v) is 10.5. The Morgan fingerprint density at radius 3 is 2.26 bits per heavy atom. The van der Waals surface area contributed by atoms with Crippen LogP contribution in [0.4, 0.5) is 4.79 Å². The fraction of sp³-hybridized carbons (Fsp3) is 0.320. The molecule has 0 saturated carbocycles. The van der Waals surface area contributed by atoms with Gasteiger partial charge >= 0.3 is 6.09 Å². The molecule has 4 rings (SSSR count). The smallest absolute Gasteiger partial charge is 0.410 e. The van der Waals surface area contributed by atoms with Crippen LogP contribution in [0, 0.1) is 0 Å². The predicted octanol–water partition coefficient (Wildman–Crippen LogP) is 3.51. The van der Waals surface area contributed by atoms with E-state index in [0.29, 0.717) is 42.8 Å². The third kappa shape index (κ3) is 5.20. The number of pyridine rings is 1. The SMILES string of the molecule is CC(C)OC(=O)N1CCN(C(=O)c2ccc(CS(=O)(=O)c3cccc4cccnc34)cc2)CC1. The van der Waals surface area contributed by atoms with Crippen LogP contribution in [0.25, 0.3) is 10.9 Å². The zero-order valence-electron chi connectivity index (χ0n) is 19.2. The number of hydrogen-bond acceptors (Lipinski definition) is 6. The van der Waals surface area contributed by atoms with Crippen LogP contribution in [0.1, 0.15) is 29.8 Å². The molecule has 2 aromatic carbocycles. The molecule has 0 spiro atoms. The van der Waals surface area contributed by atoms with E-state index in [-0.39, 0.29) is 28.8 Å². The van der Waals surface area contributed by atoms with E-state index in [2.05, 4.69) is 4.98 Å². The van der Waals surface area contributed by atoms with Gasteiger partial charge < -0.3 is 14.5 Å². The first-order chi connectivity index (χ1) is 16.2. The van der Waals surface area contributed by atoms with Crippen molar-refractivity contribution in [1.29, 1.82) is 0 Å². The first kappa shape index (κ1) is 23.7. The average Bonchev–Trinajstić information content (AvgIpc) is 2.83. The maximum absolute atomic E-state index is 13.1. The number of rotatable bonds is 5. The molecule has 0 atom stereocenters. The maximum atomic E-state index is 13.1. The number of carbonyl (C=O) groups excluding carboxylic acids is 2. The van der Waals surface area contributed by atoms with Gasteiger partial charge in [0.15, 0.2) is 9.84 Å². The van der Waals surface area contributed by atoms with Gasteiger partial charge in [-0.1, -0.05) is 30.3 Å². The second-order valence-electron chi connectivity index (χ2n) is 8.50. The van der Waals surface area contributed by atoms with Crippen molar-refractivity contribution < 1.29 is 22.7 Å². The summed E-state index contributed by atoms with van der Waals surface area (Å²) in [7, 11) is -3.62. The summed E-state index contributed by atoms with van der Waals surface area (Å²) in [4.78, 5) is 32.6. The Kier molecular flexibility index (Phi) is 6.83. The molecule has 34 heavy (non-hydrogen) atoms. The summed E-state index contributed by atoms with van der Waals surface area (Å²) in [5.41, 5.74) is 1.52. The summed E-state index contributed by atoms with van der Waals surface area (Å²) < 4.78 is 31.4. The fourth-order valence-corrected chi connectivity index (χ4v) is 5.46. The number of benzene rings is 2. The highest BCUT2D eigenvalue weighted by Gasteiger charge is 2.26. The minimum Gasteiger partial charge on any atom is -0.447 e. The predicted molar refractivity (Wildman–Crippen MR) is 128 cm³/mol. The molecule has 0 bridgehead atoms. The first-order valence-electron chi connectivity index (χ1n) is 11.1. The standard InChI is InChI=1S/C25H27N3O5S/c1-18(2)33-25(30)28-15-13-27(14-16-28)24(29)21-10-8-19(9-11-21)17-34(31,32)22-7-3-5-20-6-4-12-26-23(20)22/h3-12,18H,13-17H2,1-2H3. The molecule has 1 fully saturated rings. The second kappa shape index (κ2) is 9.80. The Balaban J connectivity index is 1.41. The van der Waals surface area contributed by atoms with Crippen LogP contribution in [0.3, 0.4) is 0 Å². The van der Waals surface area contributed by atoms with Gasteiger partial charge in [-0.15, -0.1) is 0 Å². The van der Waals surface area contributed by atoms with Crippen molar-refractivity contribution in [3.63, 3.8) is 0 Å². The molecule has 1 aliphatic rings. The third-order valence-electron chi connectivity index (χ3n) is 5.65. The van der Waals surface area contributed by atoms with E-state index in [1.165, 1.54) is 0 Å². The largest absolute Gasteiger partial charge is 0.447 e. The quantitative estimate of drug-likeness (QED) is 0.553. The number of para-hydroxylation sites is 1. The van der Waals surface area contributed by atoms with Crippen molar-refractivity contribution in [3.8, 4) is 0 Å². The summed E-state index contributed by atoms with van der Waals surface area (Å²) in [6.45, 7) is 5.24. The number of carbonyl (C=O) groups is 2. The van der Waals surface area contributed by atoms with Crippen molar-refractivity contribution in [2.45, 2.75) is 30.6 Å². The molecule has 2 heterocycles. The lowest BCUT2D eigenvalue weighted by molar-refractivity contribution is 0.0476. The number of hydrogen-bond donors (Lipinski definition) is 0. The Bertz CT molecular complexity index is 1290. The van der Waals surface area contributed by atoms with E-state index < -0.39 is 9.84 Å². The van der Waals surface area contributed by atoms with Gasteiger partial charge in [-0.2, -0.15) is 0 Å². The highest BCUT2D eigenvalue weighted by molar-refractivity contribution is 7.90. The van der Waals surface area contributed by atoms with Gasteiger partial charge in [0.2, 0.25) is 0 Å². The summed E-state index contributed by atoms with van der Waals surface area (Å²) in [5.74, 6) is -0.335. The van der Waals surface area contributed by atoms with Gasteiger partial charge in [0.05, 0.1) is 22.3 Å². The molecule has 1 aromatic heterocycles. The number of ether oxygens (including phenoxy) is 1. The van der Waals surface area contributed by atoms with Gasteiger partial charge in [0, 0.05) is 43.3 Å². The molecule has 0 radical (unpaired) electrons. The first-order valence-corrected chi connectivity index (χ1v) is 12.8. The fourth-order valence-electron chi connectivity index (χ4n) is 3.92. The summed E-state index contributed by atoms with van der Waals surface area (Å²) in [5, 5.41) is 0.766. The number of aromatic nitrogens is 1. The molecule has 8 nitrogen and oxygen atoms in total. The number of sulfone groups is 1. The zero-order chi connectivity index (χ0) is 24.3. The summed E-state index contributed by atoms with van der Waals surface area (Å²) in [6.07, 6.45) is 1.02. The van der Waals surface area contributed by atoms with Gasteiger partial charge in [0.1, 0.15) is 0 Å². The van der Waals surface area contributed by atoms with Crippen LogP contribution in [-0.4, -0.2) is 67.5 Å². The van der Waals surface area contributed by atoms with Gasteiger partial charge in [-0.3, -0.25) is 9.78 Å². The van der Waals surface area contributed by atoms with E-state index in [9.17, 15) is 18.0 Å². The minimum absolute atomic E-state index is 0.149. The van der Waals surface area contributed by atoms with Crippen molar-refractivity contribution in [2.75, 3.05) is 26.2 Å². The summed E-state index contributed by atoms with van der Waals surface area (Å²) >= 11 is 0. The number of nitrogens with zero attached hydrogens (tertiary/aromatic N) is 3. The lowest BCUT2D eigenvalue weighted by Crippen LogP contribution is -2.51. The lowest BCUT2D eigenvalue weighted by Gasteiger charge is -2.34. The molecule has 3 aromatic rings. The van der Waals surface area contributed by atoms with Crippen LogP contribution in [0.2, 0.25) is 0 Å². The zero-order valence-corrected chi connectivity index (χ0v) is 20.0. The molecule has 2 amide bonds. The van der Waals surface area contributed by atoms with E-state index in [1.807, 2.05) is 12.1 Å². The van der Waals surface area contributed by atoms with Crippen molar-refractivity contribution >= 4 is 32.7 Å². The Hall–Kier alpha value is -3.46. The molecule has 0 N–H and O–H groups in total. The van der Waals surface area contributed by atoms with Crippen LogP contribution >= 0.6 is 0 Å². The van der Waals surface area contributed by atoms with Crippen molar-refractivity contribution in [3.05, 3.63) is 71.9 Å². The molecular formula is C25H27N3O5S. The number of fused-ring (bicyclic) bond motifs is 1. The normalized spacial score (nSPS) is 14.4. The van der Waals surface area contributed by atoms with Crippen LogP contribution in [0.15, 0.2) is 65.7 Å². The van der Waals surface area contributed by atoms with Gasteiger partial charge in [-0.25, -0.2) is 13.2 Å². The Morgan fingerprint density at radius 2 is 1.59 bits per heavy atom. The molecule has 1 saturated heterocycles. The highest BCUT2D eigenvalue weighted by Crippen LogP contribution is 2.24. The Labute approximate surface area is 199 Å². The molecule has 1 aliphatic heterocycles. The monoisotopic (exact) mass is 481 g/mol. The van der Waals surface area contributed by atoms with E-state index in [4.69, 9.17) is 4.74 Å². The molecule has 9 heteroatoms. The van der Waals surface area contributed by atoms with Crippen molar-refractivity contribution in [1.82, 2.24) is 14.8 Å². The van der Waals surface area contributed by atoms with E-state index >= 15 is 0 Å². The summed E-state index contributed by atoms with van der Waals surface area (Å²) in [6, 6.07) is 15.3. The molecule has 0 unspecified atom stereocenters. The topological polar surface area (TPSA) is 96.9 Å².